The van der Waals surface area contributed by atoms with E-state index in [-0.39, 0.29) is 17.2 Å². The van der Waals surface area contributed by atoms with Gasteiger partial charge in [0.2, 0.25) is 5.91 Å². The average molecular weight is 372 g/mol. The maximum absolute atomic E-state index is 12.8. The number of rotatable bonds is 4. The van der Waals surface area contributed by atoms with E-state index in [1.165, 1.54) is 11.3 Å². The van der Waals surface area contributed by atoms with Crippen LogP contribution in [0.1, 0.15) is 53.9 Å². The Morgan fingerprint density at radius 1 is 1.31 bits per heavy atom. The third kappa shape index (κ3) is 4.30. The minimum absolute atomic E-state index is 0.00554. The molecule has 1 aromatic carbocycles. The van der Waals surface area contributed by atoms with Crippen LogP contribution in [0.25, 0.3) is 0 Å². The van der Waals surface area contributed by atoms with Crippen LogP contribution in [0.15, 0.2) is 36.5 Å². The lowest BCUT2D eigenvalue weighted by molar-refractivity contribution is -0.136. The Bertz CT molecular complexity index is 780. The van der Waals surface area contributed by atoms with Gasteiger partial charge in [-0.1, -0.05) is 51.1 Å². The number of thiazole rings is 1. The molecule has 1 aliphatic heterocycles. The van der Waals surface area contributed by atoms with Gasteiger partial charge in [0, 0.05) is 18.5 Å². The number of aromatic nitrogens is 1. The van der Waals surface area contributed by atoms with Gasteiger partial charge in [-0.3, -0.25) is 9.59 Å². The number of nitrogens with zero attached hydrogens (tertiary/aromatic N) is 2. The van der Waals surface area contributed by atoms with Crippen molar-refractivity contribution in [1.82, 2.24) is 15.2 Å². The molecule has 1 aliphatic rings. The highest BCUT2D eigenvalue weighted by Gasteiger charge is 2.31. The molecular weight excluding hydrogens is 346 g/mol. The van der Waals surface area contributed by atoms with Gasteiger partial charge in [-0.05, 0) is 18.4 Å². The molecule has 2 amide bonds. The summed E-state index contributed by atoms with van der Waals surface area (Å²) in [7, 11) is 0. The first-order chi connectivity index (χ1) is 12.3. The predicted molar refractivity (Wildman–Crippen MR) is 103 cm³/mol. The van der Waals surface area contributed by atoms with Crippen LogP contribution in [0.3, 0.4) is 0 Å². The van der Waals surface area contributed by atoms with Crippen molar-refractivity contribution >= 4 is 23.2 Å². The second-order valence-electron chi connectivity index (χ2n) is 7.69. The fourth-order valence-electron chi connectivity index (χ4n) is 2.99. The van der Waals surface area contributed by atoms with Crippen molar-refractivity contribution in [3.63, 3.8) is 0 Å². The third-order valence-corrected chi connectivity index (χ3v) is 5.85. The smallest absolute Gasteiger partial charge is 0.263 e. The SMILES string of the molecule is CC(C)(C)c1ncc(C(=O)NC2CCCN(Cc3ccccc3)C2=O)s1. The van der Waals surface area contributed by atoms with Gasteiger partial charge >= 0.3 is 0 Å². The Morgan fingerprint density at radius 2 is 2.04 bits per heavy atom. The molecule has 138 valence electrons. The Hall–Kier alpha value is -2.21. The van der Waals surface area contributed by atoms with Gasteiger partial charge in [-0.15, -0.1) is 11.3 Å². The zero-order chi connectivity index (χ0) is 18.7. The normalized spacial score (nSPS) is 18.0. The summed E-state index contributed by atoms with van der Waals surface area (Å²) in [5.41, 5.74) is 1.01. The summed E-state index contributed by atoms with van der Waals surface area (Å²) in [5, 5.41) is 3.83. The first-order valence-electron chi connectivity index (χ1n) is 8.94. The molecule has 1 atom stereocenters. The van der Waals surface area contributed by atoms with Gasteiger partial charge in [0.25, 0.3) is 5.91 Å². The first-order valence-corrected chi connectivity index (χ1v) is 9.76. The van der Waals surface area contributed by atoms with E-state index in [0.717, 1.165) is 23.5 Å². The number of nitrogens with one attached hydrogen (secondary N) is 1. The van der Waals surface area contributed by atoms with Crippen molar-refractivity contribution in [2.45, 2.75) is 51.6 Å². The largest absolute Gasteiger partial charge is 0.339 e. The van der Waals surface area contributed by atoms with E-state index in [0.29, 0.717) is 17.8 Å². The number of amides is 2. The molecule has 1 unspecified atom stereocenters. The number of hydrogen-bond acceptors (Lipinski definition) is 4. The molecule has 0 bridgehead atoms. The zero-order valence-corrected chi connectivity index (χ0v) is 16.3. The number of benzene rings is 1. The summed E-state index contributed by atoms with van der Waals surface area (Å²) < 4.78 is 0. The second-order valence-corrected chi connectivity index (χ2v) is 8.72. The van der Waals surface area contributed by atoms with Crippen LogP contribution in [0.5, 0.6) is 0 Å². The van der Waals surface area contributed by atoms with Crippen LogP contribution in [-0.4, -0.2) is 34.3 Å². The van der Waals surface area contributed by atoms with E-state index in [2.05, 4.69) is 31.1 Å². The Labute approximate surface area is 158 Å². The molecule has 2 aromatic rings. The highest BCUT2D eigenvalue weighted by molar-refractivity contribution is 7.13. The lowest BCUT2D eigenvalue weighted by Crippen LogP contribution is -2.51. The molecule has 0 radical (unpaired) electrons. The summed E-state index contributed by atoms with van der Waals surface area (Å²) in [6, 6.07) is 9.48. The average Bonchev–Trinajstić information content (AvgIpc) is 3.10. The summed E-state index contributed by atoms with van der Waals surface area (Å²) in [4.78, 5) is 32.1. The lowest BCUT2D eigenvalue weighted by Gasteiger charge is -2.32. The van der Waals surface area contributed by atoms with Crippen LogP contribution in [0.4, 0.5) is 0 Å². The van der Waals surface area contributed by atoms with Crippen molar-refractivity contribution < 1.29 is 9.59 Å². The Balaban J connectivity index is 1.64. The molecule has 0 aliphatic carbocycles. The van der Waals surface area contributed by atoms with Gasteiger partial charge in [0.1, 0.15) is 10.9 Å². The van der Waals surface area contributed by atoms with Crippen molar-refractivity contribution in [2.24, 2.45) is 0 Å². The van der Waals surface area contributed by atoms with Gasteiger partial charge in [-0.25, -0.2) is 4.98 Å². The van der Waals surface area contributed by atoms with E-state index in [4.69, 9.17) is 0 Å². The molecule has 1 N–H and O–H groups in total. The maximum atomic E-state index is 12.8. The fourth-order valence-corrected chi connectivity index (χ4v) is 3.87. The van der Waals surface area contributed by atoms with Crippen molar-refractivity contribution in [1.29, 1.82) is 0 Å². The van der Waals surface area contributed by atoms with E-state index >= 15 is 0 Å². The minimum Gasteiger partial charge on any atom is -0.339 e. The third-order valence-electron chi connectivity index (χ3n) is 4.42. The van der Waals surface area contributed by atoms with Crippen LogP contribution >= 0.6 is 11.3 Å². The van der Waals surface area contributed by atoms with Gasteiger partial charge in [-0.2, -0.15) is 0 Å². The predicted octanol–water partition coefficient (Wildman–Crippen LogP) is 3.36. The van der Waals surface area contributed by atoms with Crippen LogP contribution in [0.2, 0.25) is 0 Å². The van der Waals surface area contributed by atoms with Crippen molar-refractivity contribution in [3.8, 4) is 0 Å². The summed E-state index contributed by atoms with van der Waals surface area (Å²) in [6.45, 7) is 7.52. The van der Waals surface area contributed by atoms with E-state index in [9.17, 15) is 9.59 Å². The molecule has 1 fully saturated rings. The monoisotopic (exact) mass is 371 g/mol. The molecule has 1 aromatic heterocycles. The topological polar surface area (TPSA) is 62.3 Å². The standard InChI is InChI=1S/C20H25N3O2S/c1-20(2,3)19-21-12-16(26-19)17(24)22-15-10-7-11-23(18(15)25)13-14-8-5-4-6-9-14/h4-6,8-9,12,15H,7,10-11,13H2,1-3H3,(H,22,24). The molecular formula is C20H25N3O2S. The second kappa shape index (κ2) is 7.58. The number of carbonyl (C=O) groups excluding carboxylic acids is 2. The van der Waals surface area contributed by atoms with Crippen molar-refractivity contribution in [2.75, 3.05) is 6.54 Å². The van der Waals surface area contributed by atoms with Crippen LogP contribution in [-0.2, 0) is 16.8 Å². The summed E-state index contributed by atoms with van der Waals surface area (Å²) >= 11 is 1.39. The summed E-state index contributed by atoms with van der Waals surface area (Å²) in [5.74, 6) is -0.216. The molecule has 1 saturated heterocycles. The quantitative estimate of drug-likeness (QED) is 0.896. The molecule has 0 spiro atoms. The molecule has 0 saturated carbocycles. The van der Waals surface area contributed by atoms with Gasteiger partial charge in [0.15, 0.2) is 0 Å². The number of likely N-dealkylation sites (tertiary alicyclic amines) is 1. The zero-order valence-electron chi connectivity index (χ0n) is 15.5. The molecule has 6 heteroatoms. The van der Waals surface area contributed by atoms with Crippen LogP contribution < -0.4 is 5.32 Å². The number of hydrogen-bond donors (Lipinski definition) is 1. The highest BCUT2D eigenvalue weighted by atomic mass is 32.1. The maximum Gasteiger partial charge on any atom is 0.263 e. The van der Waals surface area contributed by atoms with Crippen LogP contribution in [0, 0.1) is 0 Å². The Kier molecular flexibility index (Phi) is 5.41. The van der Waals surface area contributed by atoms with E-state index in [1.54, 1.807) is 6.20 Å². The van der Waals surface area contributed by atoms with E-state index in [1.807, 2.05) is 35.2 Å². The number of carbonyl (C=O) groups is 2. The molecule has 5 nitrogen and oxygen atoms in total. The number of piperidine rings is 1. The van der Waals surface area contributed by atoms with Gasteiger partial charge in [0.05, 0.1) is 11.2 Å². The fraction of sp³-hybridized carbons (Fsp3) is 0.450. The first kappa shape index (κ1) is 18.6. The molecule has 26 heavy (non-hydrogen) atoms. The lowest BCUT2D eigenvalue weighted by atomic mass is 9.98. The highest BCUT2D eigenvalue weighted by Crippen LogP contribution is 2.27. The van der Waals surface area contributed by atoms with Crippen molar-refractivity contribution in [3.05, 3.63) is 52.0 Å². The van der Waals surface area contributed by atoms with E-state index < -0.39 is 6.04 Å². The van der Waals surface area contributed by atoms with Gasteiger partial charge < -0.3 is 10.2 Å². The molecule has 2 heterocycles. The molecule has 3 rings (SSSR count). The summed E-state index contributed by atoms with van der Waals surface area (Å²) in [6.07, 6.45) is 3.18. The Morgan fingerprint density at radius 3 is 2.69 bits per heavy atom. The minimum atomic E-state index is -0.458.